The van der Waals surface area contributed by atoms with E-state index in [-0.39, 0.29) is 21.8 Å². The van der Waals surface area contributed by atoms with Crippen molar-refractivity contribution in [3.63, 3.8) is 0 Å². The highest BCUT2D eigenvalue weighted by Crippen LogP contribution is 2.25. The van der Waals surface area contributed by atoms with Crippen LogP contribution in [-0.2, 0) is 4.79 Å². The Morgan fingerprint density at radius 2 is 2.24 bits per heavy atom. The lowest BCUT2D eigenvalue weighted by Gasteiger charge is -1.98. The summed E-state index contributed by atoms with van der Waals surface area (Å²) in [6, 6.07) is 5.44. The average Bonchev–Trinajstić information content (AvgIpc) is 2.26. The van der Waals surface area contributed by atoms with E-state index in [1.54, 1.807) is 6.07 Å². The monoisotopic (exact) mass is 251 g/mol. The molecule has 6 nitrogen and oxygen atoms in total. The highest BCUT2D eigenvalue weighted by atomic mass is 35.5. The van der Waals surface area contributed by atoms with E-state index in [0.717, 1.165) is 12.1 Å². The zero-order chi connectivity index (χ0) is 13.0. The standard InChI is InChI=1S/C10H6ClN3O3/c11-8-2-1-6(9(4-8)14(16)17)3-7(5-12)10(13)15/h1-4H,(H2,13,15). The molecule has 0 aliphatic rings. The van der Waals surface area contributed by atoms with E-state index >= 15 is 0 Å². The zero-order valence-electron chi connectivity index (χ0n) is 8.38. The van der Waals surface area contributed by atoms with Crippen LogP contribution in [0.4, 0.5) is 5.69 Å². The smallest absolute Gasteiger partial charge is 0.278 e. The number of halogens is 1. The van der Waals surface area contributed by atoms with Crippen molar-refractivity contribution in [2.45, 2.75) is 0 Å². The van der Waals surface area contributed by atoms with Crippen molar-refractivity contribution >= 4 is 29.3 Å². The SMILES string of the molecule is N#CC(=Cc1ccc(Cl)cc1[N+](=O)[O-])C(N)=O. The maximum Gasteiger partial charge on any atom is 0.278 e. The van der Waals surface area contributed by atoms with Crippen molar-refractivity contribution in [1.82, 2.24) is 0 Å². The molecule has 0 unspecified atom stereocenters. The third-order valence-corrected chi connectivity index (χ3v) is 2.11. The number of nitrogens with zero attached hydrogens (tertiary/aromatic N) is 2. The normalized spacial score (nSPS) is 10.7. The summed E-state index contributed by atoms with van der Waals surface area (Å²) in [4.78, 5) is 20.9. The average molecular weight is 252 g/mol. The molecule has 17 heavy (non-hydrogen) atoms. The predicted molar refractivity (Wildman–Crippen MR) is 60.9 cm³/mol. The number of carbonyl (C=O) groups excluding carboxylic acids is 1. The molecule has 1 amide bonds. The quantitative estimate of drug-likeness (QED) is 0.381. The summed E-state index contributed by atoms with van der Waals surface area (Å²) in [6.07, 6.45) is 1.05. The first-order valence-corrected chi connectivity index (χ1v) is 4.69. The molecule has 86 valence electrons. The van der Waals surface area contributed by atoms with Gasteiger partial charge in [0.25, 0.3) is 11.6 Å². The van der Waals surface area contributed by atoms with Crippen molar-refractivity contribution in [2.24, 2.45) is 5.73 Å². The van der Waals surface area contributed by atoms with Gasteiger partial charge in [-0.3, -0.25) is 14.9 Å². The fourth-order valence-corrected chi connectivity index (χ4v) is 1.28. The largest absolute Gasteiger partial charge is 0.365 e. The molecule has 0 aliphatic carbocycles. The van der Waals surface area contributed by atoms with Crippen molar-refractivity contribution < 1.29 is 9.72 Å². The van der Waals surface area contributed by atoms with Gasteiger partial charge >= 0.3 is 0 Å². The molecule has 0 atom stereocenters. The molecular formula is C10H6ClN3O3. The molecule has 0 radical (unpaired) electrons. The molecule has 2 N–H and O–H groups in total. The summed E-state index contributed by atoms with van der Waals surface area (Å²) in [6.45, 7) is 0. The molecule has 1 rings (SSSR count). The summed E-state index contributed by atoms with van der Waals surface area (Å²) in [5, 5.41) is 19.5. The molecule has 0 spiro atoms. The molecule has 0 heterocycles. The summed E-state index contributed by atoms with van der Waals surface area (Å²) in [5.74, 6) is -0.947. The van der Waals surface area contributed by atoms with Gasteiger partial charge in [-0.05, 0) is 18.2 Å². The number of rotatable bonds is 3. The summed E-state index contributed by atoms with van der Waals surface area (Å²) >= 11 is 5.61. The Labute approximate surface area is 101 Å². The lowest BCUT2D eigenvalue weighted by atomic mass is 10.1. The van der Waals surface area contributed by atoms with Gasteiger partial charge in [0.15, 0.2) is 0 Å². The highest BCUT2D eigenvalue weighted by Gasteiger charge is 2.14. The molecule has 0 aromatic heterocycles. The topological polar surface area (TPSA) is 110 Å². The van der Waals surface area contributed by atoms with E-state index in [1.165, 1.54) is 12.1 Å². The van der Waals surface area contributed by atoms with Crippen molar-refractivity contribution in [1.29, 1.82) is 5.26 Å². The second-order valence-electron chi connectivity index (χ2n) is 2.99. The minimum absolute atomic E-state index is 0.0924. The number of nitrogens with two attached hydrogens (primary N) is 1. The number of amides is 1. The van der Waals surface area contributed by atoms with Crippen LogP contribution in [0.3, 0.4) is 0 Å². The predicted octanol–water partition coefficient (Wildman–Crippen LogP) is 1.64. The number of carbonyl (C=O) groups is 1. The Hall–Kier alpha value is -2.39. The van der Waals surface area contributed by atoms with Crippen LogP contribution >= 0.6 is 11.6 Å². The van der Waals surface area contributed by atoms with Crippen LogP contribution in [0.1, 0.15) is 5.56 Å². The van der Waals surface area contributed by atoms with Crippen LogP contribution in [-0.4, -0.2) is 10.8 Å². The van der Waals surface area contributed by atoms with Crippen molar-refractivity contribution in [3.05, 3.63) is 44.5 Å². The van der Waals surface area contributed by atoms with Crippen LogP contribution < -0.4 is 5.73 Å². The molecule has 1 aromatic carbocycles. The number of nitro benzene ring substituents is 1. The van der Waals surface area contributed by atoms with Gasteiger partial charge in [0.1, 0.15) is 11.6 Å². The lowest BCUT2D eigenvalue weighted by Crippen LogP contribution is -2.12. The van der Waals surface area contributed by atoms with Gasteiger partial charge in [-0.1, -0.05) is 11.6 Å². The van der Waals surface area contributed by atoms with Crippen LogP contribution in [0, 0.1) is 21.4 Å². The molecule has 1 aromatic rings. The second kappa shape index (κ2) is 5.09. The van der Waals surface area contributed by atoms with Crippen molar-refractivity contribution in [2.75, 3.05) is 0 Å². The Morgan fingerprint density at radius 3 is 2.71 bits per heavy atom. The number of nitriles is 1. The minimum atomic E-state index is -0.947. The molecule has 0 fully saturated rings. The first kappa shape index (κ1) is 12.7. The maximum absolute atomic E-state index is 10.8. The van der Waals surface area contributed by atoms with Gasteiger partial charge in [0.05, 0.1) is 10.5 Å². The van der Waals surface area contributed by atoms with Gasteiger partial charge in [-0.2, -0.15) is 5.26 Å². The van der Waals surface area contributed by atoms with Crippen LogP contribution in [0.15, 0.2) is 23.8 Å². The summed E-state index contributed by atoms with van der Waals surface area (Å²) < 4.78 is 0. The lowest BCUT2D eigenvalue weighted by molar-refractivity contribution is -0.385. The Balaban J connectivity index is 3.38. The minimum Gasteiger partial charge on any atom is -0.365 e. The van der Waals surface area contributed by atoms with Gasteiger partial charge in [-0.25, -0.2) is 0 Å². The van der Waals surface area contributed by atoms with E-state index < -0.39 is 10.8 Å². The second-order valence-corrected chi connectivity index (χ2v) is 3.43. The van der Waals surface area contributed by atoms with Crippen LogP contribution in [0.5, 0.6) is 0 Å². The van der Waals surface area contributed by atoms with Crippen molar-refractivity contribution in [3.8, 4) is 6.07 Å². The number of hydrogen-bond acceptors (Lipinski definition) is 4. The van der Waals surface area contributed by atoms with E-state index in [0.29, 0.717) is 0 Å². The molecule has 0 saturated heterocycles. The fraction of sp³-hybridized carbons (Fsp3) is 0. The van der Waals surface area contributed by atoms with E-state index in [1.807, 2.05) is 0 Å². The third-order valence-electron chi connectivity index (χ3n) is 1.87. The Kier molecular flexibility index (Phi) is 3.80. The van der Waals surface area contributed by atoms with E-state index in [4.69, 9.17) is 22.6 Å². The number of primary amides is 1. The van der Waals surface area contributed by atoms with Gasteiger partial charge in [0.2, 0.25) is 0 Å². The van der Waals surface area contributed by atoms with Gasteiger partial charge in [0, 0.05) is 11.1 Å². The third kappa shape index (κ3) is 3.03. The molecule has 0 aliphatic heterocycles. The number of hydrogen-bond donors (Lipinski definition) is 1. The first-order chi connectivity index (χ1) is 7.95. The molecule has 0 saturated carbocycles. The first-order valence-electron chi connectivity index (χ1n) is 4.31. The maximum atomic E-state index is 10.8. The van der Waals surface area contributed by atoms with Gasteiger partial charge in [-0.15, -0.1) is 0 Å². The number of benzene rings is 1. The highest BCUT2D eigenvalue weighted by molar-refractivity contribution is 6.30. The number of nitro groups is 1. The molecule has 7 heteroatoms. The molecule has 0 bridgehead atoms. The summed E-state index contributed by atoms with van der Waals surface area (Å²) in [7, 11) is 0. The van der Waals surface area contributed by atoms with Gasteiger partial charge < -0.3 is 5.73 Å². The van der Waals surface area contributed by atoms with Crippen LogP contribution in [0.25, 0.3) is 6.08 Å². The molecular weight excluding hydrogens is 246 g/mol. The Bertz CT molecular complexity index is 560. The van der Waals surface area contributed by atoms with E-state index in [9.17, 15) is 14.9 Å². The fourth-order valence-electron chi connectivity index (χ4n) is 1.11. The Morgan fingerprint density at radius 1 is 1.59 bits per heavy atom. The van der Waals surface area contributed by atoms with Crippen LogP contribution in [0.2, 0.25) is 5.02 Å². The zero-order valence-corrected chi connectivity index (χ0v) is 9.14. The summed E-state index contributed by atoms with van der Waals surface area (Å²) in [5.41, 5.74) is 4.35. The van der Waals surface area contributed by atoms with E-state index in [2.05, 4.69) is 0 Å².